The maximum Gasteiger partial charge on any atom is 0.258 e. The largest absolute Gasteiger partial charge is 0.320 e. The van der Waals surface area contributed by atoms with Crippen LogP contribution < -0.4 is 5.32 Å². The van der Waals surface area contributed by atoms with E-state index in [1.807, 2.05) is 0 Å². The van der Waals surface area contributed by atoms with Crippen molar-refractivity contribution in [1.29, 1.82) is 0 Å². The van der Waals surface area contributed by atoms with Gasteiger partial charge >= 0.3 is 0 Å². The van der Waals surface area contributed by atoms with Gasteiger partial charge in [0, 0.05) is 13.1 Å². The summed E-state index contributed by atoms with van der Waals surface area (Å²) < 4.78 is 41.4. The van der Waals surface area contributed by atoms with E-state index in [2.05, 4.69) is 12.2 Å². The minimum absolute atomic E-state index is 0.115. The predicted octanol–water partition coefficient (Wildman–Crippen LogP) is 4.81. The van der Waals surface area contributed by atoms with Crippen molar-refractivity contribution in [2.24, 2.45) is 5.92 Å². The van der Waals surface area contributed by atoms with Gasteiger partial charge < -0.3 is 5.32 Å². The van der Waals surface area contributed by atoms with Gasteiger partial charge in [-0.3, -0.25) is 4.79 Å². The smallest absolute Gasteiger partial charge is 0.258 e. The molecule has 1 heterocycles. The average molecular weight is 445 g/mol. The Hall–Kier alpha value is -1.67. The first kappa shape index (κ1) is 21.0. The lowest BCUT2D eigenvalue weighted by Crippen LogP contribution is -2.38. The Bertz CT molecular complexity index is 1010. The molecule has 0 aliphatic carbocycles. The highest BCUT2D eigenvalue weighted by Crippen LogP contribution is 2.30. The van der Waals surface area contributed by atoms with Gasteiger partial charge in [-0.2, -0.15) is 4.31 Å². The number of halogens is 3. The zero-order valence-corrected chi connectivity index (χ0v) is 17.4. The van der Waals surface area contributed by atoms with Crippen molar-refractivity contribution >= 4 is 44.8 Å². The molecule has 0 aromatic heterocycles. The van der Waals surface area contributed by atoms with E-state index in [9.17, 15) is 17.6 Å². The van der Waals surface area contributed by atoms with Crippen LogP contribution in [0, 0.1) is 11.7 Å². The number of sulfonamides is 1. The maximum atomic E-state index is 14.3. The fourth-order valence-electron chi connectivity index (χ4n) is 3.00. The van der Waals surface area contributed by atoms with E-state index in [1.54, 1.807) is 12.1 Å². The number of amides is 1. The van der Waals surface area contributed by atoms with Gasteiger partial charge in [0.05, 0.1) is 26.2 Å². The van der Waals surface area contributed by atoms with Gasteiger partial charge in [0.15, 0.2) is 0 Å². The molecule has 1 aliphatic heterocycles. The summed E-state index contributed by atoms with van der Waals surface area (Å²) in [6.07, 6.45) is 1.53. The molecule has 0 unspecified atom stereocenters. The number of hydrogen-bond donors (Lipinski definition) is 1. The summed E-state index contributed by atoms with van der Waals surface area (Å²) in [5.74, 6) is -1.18. The number of piperidine rings is 1. The van der Waals surface area contributed by atoms with Crippen LogP contribution in [0.4, 0.5) is 10.1 Å². The van der Waals surface area contributed by atoms with E-state index >= 15 is 0 Å². The van der Waals surface area contributed by atoms with Crippen molar-refractivity contribution in [3.63, 3.8) is 0 Å². The van der Waals surface area contributed by atoms with Gasteiger partial charge in [0.25, 0.3) is 5.91 Å². The summed E-state index contributed by atoms with van der Waals surface area (Å²) in [6, 6.07) is 7.85. The highest BCUT2D eigenvalue weighted by atomic mass is 35.5. The zero-order chi connectivity index (χ0) is 20.5. The number of carbonyl (C=O) groups is 1. The van der Waals surface area contributed by atoms with Crippen LogP contribution in [-0.4, -0.2) is 31.7 Å². The highest BCUT2D eigenvalue weighted by molar-refractivity contribution is 7.89. The third kappa shape index (κ3) is 4.33. The van der Waals surface area contributed by atoms with Crippen molar-refractivity contribution in [2.75, 3.05) is 18.4 Å². The van der Waals surface area contributed by atoms with Crippen molar-refractivity contribution in [1.82, 2.24) is 4.31 Å². The Balaban J connectivity index is 1.89. The maximum absolute atomic E-state index is 14.3. The van der Waals surface area contributed by atoms with E-state index < -0.39 is 21.7 Å². The van der Waals surface area contributed by atoms with E-state index in [0.29, 0.717) is 19.0 Å². The van der Waals surface area contributed by atoms with Crippen LogP contribution >= 0.6 is 23.2 Å². The van der Waals surface area contributed by atoms with Gasteiger partial charge in [0.1, 0.15) is 5.82 Å². The number of rotatable bonds is 4. The summed E-state index contributed by atoms with van der Waals surface area (Å²) in [6.45, 7) is 2.88. The highest BCUT2D eigenvalue weighted by Gasteiger charge is 2.29. The minimum Gasteiger partial charge on any atom is -0.320 e. The monoisotopic (exact) mass is 444 g/mol. The van der Waals surface area contributed by atoms with Crippen molar-refractivity contribution in [2.45, 2.75) is 24.7 Å². The molecular formula is C19H19Cl2FN2O3S. The number of carbonyl (C=O) groups excluding carboxylic acids is 1. The normalized spacial score (nSPS) is 16.1. The van der Waals surface area contributed by atoms with Crippen LogP contribution in [0.15, 0.2) is 41.3 Å². The standard InChI is InChI=1S/C19H19Cl2FN2O3S/c1-12-7-9-24(10-8-12)28(26,27)13-5-6-16(22)14(11-13)19(25)23-17-4-2-3-15(20)18(17)21/h2-6,11-12H,7-10H2,1H3,(H,23,25). The van der Waals surface area contributed by atoms with Crippen LogP contribution in [-0.2, 0) is 10.0 Å². The van der Waals surface area contributed by atoms with Crippen LogP contribution in [0.2, 0.25) is 10.0 Å². The zero-order valence-electron chi connectivity index (χ0n) is 15.1. The molecule has 0 atom stereocenters. The first-order valence-corrected chi connectivity index (χ1v) is 10.9. The first-order valence-electron chi connectivity index (χ1n) is 8.75. The van der Waals surface area contributed by atoms with Crippen LogP contribution in [0.25, 0.3) is 0 Å². The fraction of sp³-hybridized carbons (Fsp3) is 0.316. The third-order valence-electron chi connectivity index (χ3n) is 4.76. The Kier molecular flexibility index (Phi) is 6.29. The predicted molar refractivity (Wildman–Crippen MR) is 108 cm³/mol. The molecule has 0 saturated carbocycles. The Morgan fingerprint density at radius 2 is 1.86 bits per heavy atom. The molecule has 5 nitrogen and oxygen atoms in total. The molecule has 9 heteroatoms. The number of hydrogen-bond acceptors (Lipinski definition) is 3. The van der Waals surface area contributed by atoms with Gasteiger partial charge in [0.2, 0.25) is 10.0 Å². The Morgan fingerprint density at radius 1 is 1.18 bits per heavy atom. The number of nitrogens with one attached hydrogen (secondary N) is 1. The second kappa shape index (κ2) is 8.37. The van der Waals surface area contributed by atoms with E-state index in [4.69, 9.17) is 23.2 Å². The molecule has 0 spiro atoms. The summed E-state index contributed by atoms with van der Waals surface area (Å²) in [4.78, 5) is 12.4. The molecule has 28 heavy (non-hydrogen) atoms. The lowest BCUT2D eigenvalue weighted by Gasteiger charge is -2.29. The van der Waals surface area contributed by atoms with Gasteiger partial charge in [-0.05, 0) is 49.1 Å². The quantitative estimate of drug-likeness (QED) is 0.735. The molecule has 2 aromatic rings. The Morgan fingerprint density at radius 3 is 2.54 bits per heavy atom. The SMILES string of the molecule is CC1CCN(S(=O)(=O)c2ccc(F)c(C(=O)Nc3cccc(Cl)c3Cl)c2)CC1. The molecule has 0 bridgehead atoms. The number of nitrogens with zero attached hydrogens (tertiary/aromatic N) is 1. The van der Waals surface area contributed by atoms with Crippen LogP contribution in [0.1, 0.15) is 30.1 Å². The van der Waals surface area contributed by atoms with Crippen molar-refractivity contribution in [3.8, 4) is 0 Å². The molecule has 0 radical (unpaired) electrons. The van der Waals surface area contributed by atoms with Gasteiger partial charge in [-0.1, -0.05) is 36.2 Å². The van der Waals surface area contributed by atoms with E-state index in [1.165, 1.54) is 16.4 Å². The second-order valence-electron chi connectivity index (χ2n) is 6.78. The fourth-order valence-corrected chi connectivity index (χ4v) is 4.85. The molecule has 1 fully saturated rings. The molecule has 1 N–H and O–H groups in total. The summed E-state index contributed by atoms with van der Waals surface area (Å²) >= 11 is 12.0. The van der Waals surface area contributed by atoms with Crippen molar-refractivity contribution in [3.05, 3.63) is 57.8 Å². The van der Waals surface area contributed by atoms with Crippen LogP contribution in [0.5, 0.6) is 0 Å². The van der Waals surface area contributed by atoms with E-state index in [-0.39, 0.29) is 26.2 Å². The molecule has 2 aromatic carbocycles. The van der Waals surface area contributed by atoms with Gasteiger partial charge in [-0.15, -0.1) is 0 Å². The van der Waals surface area contributed by atoms with E-state index in [0.717, 1.165) is 25.0 Å². The summed E-state index contributed by atoms with van der Waals surface area (Å²) in [5.41, 5.74) is -0.181. The average Bonchev–Trinajstić information content (AvgIpc) is 2.66. The lowest BCUT2D eigenvalue weighted by atomic mass is 10.0. The summed E-state index contributed by atoms with van der Waals surface area (Å²) in [5, 5.41) is 2.82. The summed E-state index contributed by atoms with van der Waals surface area (Å²) in [7, 11) is -3.81. The molecule has 3 rings (SSSR count). The lowest BCUT2D eigenvalue weighted by molar-refractivity contribution is 0.102. The first-order chi connectivity index (χ1) is 13.2. The molecule has 1 amide bonds. The minimum atomic E-state index is -3.81. The van der Waals surface area contributed by atoms with Crippen LogP contribution in [0.3, 0.4) is 0 Å². The number of anilines is 1. The second-order valence-corrected chi connectivity index (χ2v) is 9.51. The molecule has 1 saturated heterocycles. The van der Waals surface area contributed by atoms with Gasteiger partial charge in [-0.25, -0.2) is 12.8 Å². The molecular weight excluding hydrogens is 426 g/mol. The third-order valence-corrected chi connectivity index (χ3v) is 7.48. The molecule has 150 valence electrons. The topological polar surface area (TPSA) is 66.5 Å². The number of benzene rings is 2. The molecule has 1 aliphatic rings. The Labute approximate surface area is 173 Å². The van der Waals surface area contributed by atoms with Crippen molar-refractivity contribution < 1.29 is 17.6 Å².